The number of likely N-dealkylation sites (N-methyl/N-ethyl adjacent to an activating group) is 1. The van der Waals surface area contributed by atoms with Crippen LogP contribution in [0.3, 0.4) is 0 Å². The van der Waals surface area contributed by atoms with Gasteiger partial charge in [0.05, 0.1) is 36.3 Å². The van der Waals surface area contributed by atoms with Crippen molar-refractivity contribution < 1.29 is 57.8 Å². The van der Waals surface area contributed by atoms with Crippen molar-refractivity contribution in [1.82, 2.24) is 4.90 Å². The topological polar surface area (TPSA) is 161 Å². The lowest BCUT2D eigenvalue weighted by Crippen LogP contribution is -2.61. The quantitative estimate of drug-likeness (QED) is 0.292. The van der Waals surface area contributed by atoms with Gasteiger partial charge >= 0.3 is 11.9 Å². The van der Waals surface area contributed by atoms with E-state index in [1.807, 2.05) is 14.0 Å². The highest BCUT2D eigenvalue weighted by atomic mass is 19.1. The molecule has 3 aliphatic rings. The molecular weight excluding hydrogens is 701 g/mol. The Labute approximate surface area is 320 Å². The summed E-state index contributed by atoms with van der Waals surface area (Å²) in [5.41, 5.74) is -2.97. The molecule has 0 spiro atoms. The lowest BCUT2D eigenvalue weighted by molar-refractivity contribution is -0.302. The number of aliphatic hydroxyl groups excluding tert-OH is 2. The fourth-order valence-corrected chi connectivity index (χ4v) is 8.56. The average molecular weight is 766 g/mol. The Morgan fingerprint density at radius 3 is 2.33 bits per heavy atom. The van der Waals surface area contributed by atoms with Gasteiger partial charge in [-0.1, -0.05) is 39.8 Å². The molecule has 1 saturated carbocycles. The van der Waals surface area contributed by atoms with E-state index >= 15 is 0 Å². The minimum Gasteiger partial charge on any atom is -0.461 e. The molecule has 1 aromatic carbocycles. The summed E-state index contributed by atoms with van der Waals surface area (Å²) in [6.45, 7) is 14.0. The van der Waals surface area contributed by atoms with Gasteiger partial charge in [0, 0.05) is 37.5 Å². The van der Waals surface area contributed by atoms with Gasteiger partial charge in [0.1, 0.15) is 35.5 Å². The average Bonchev–Trinajstić information content (AvgIpc) is 3.94. The first kappa shape index (κ1) is 44.2. The first-order valence-corrected chi connectivity index (χ1v) is 19.6. The Bertz CT molecular complexity index is 1440. The second-order valence-electron chi connectivity index (χ2n) is 16.8. The van der Waals surface area contributed by atoms with Crippen molar-refractivity contribution in [2.24, 2.45) is 29.6 Å². The molecule has 3 N–H and O–H groups in total. The number of esters is 2. The highest BCUT2D eigenvalue weighted by Gasteiger charge is 2.53. The fraction of sp³-hybridized carbons (Fsp3) is 0.780. The van der Waals surface area contributed by atoms with E-state index in [4.69, 9.17) is 23.7 Å². The summed E-state index contributed by atoms with van der Waals surface area (Å²) < 4.78 is 45.4. The molecule has 0 amide bonds. The molecule has 54 heavy (non-hydrogen) atoms. The Hall–Kier alpha value is -2.52. The Morgan fingerprint density at radius 1 is 1.07 bits per heavy atom. The number of ketones is 1. The maximum Gasteiger partial charge on any atom is 0.312 e. The van der Waals surface area contributed by atoms with Gasteiger partial charge in [-0.25, -0.2) is 4.39 Å². The number of ether oxygens (including phenoxy) is 5. The number of hydrogen-bond acceptors (Lipinski definition) is 12. The van der Waals surface area contributed by atoms with E-state index in [9.17, 15) is 34.1 Å². The van der Waals surface area contributed by atoms with E-state index in [2.05, 4.69) is 4.90 Å². The molecule has 1 aliphatic carbocycles. The summed E-state index contributed by atoms with van der Waals surface area (Å²) in [6, 6.07) is 5.28. The number of rotatable bonds is 10. The van der Waals surface area contributed by atoms with Crippen LogP contribution in [0.25, 0.3) is 0 Å². The van der Waals surface area contributed by atoms with Gasteiger partial charge in [-0.15, -0.1) is 0 Å². The van der Waals surface area contributed by atoms with Crippen LogP contribution in [-0.2, 0) is 44.5 Å². The number of Topliss-reactive ketones (excluding diaryl/α,β-unsaturated/α-hetero) is 1. The summed E-state index contributed by atoms with van der Waals surface area (Å²) in [6.07, 6.45) is -4.91. The minimum absolute atomic E-state index is 0.0555. The number of carbonyl (C=O) groups excluding carboxylic acids is 3. The maximum atomic E-state index is 14.1. The van der Waals surface area contributed by atoms with Gasteiger partial charge in [-0.3, -0.25) is 14.4 Å². The Balaban J connectivity index is 1.80. The van der Waals surface area contributed by atoms with Gasteiger partial charge in [0.25, 0.3) is 0 Å². The standard InChI is InChI=1S/C41H64FNO11/c1-11-31-41(8,49)36(47)24(4)33(45)22(2)20-40(7,50-10)37(54-39-34(46)30(17-23(3)51-39)43(9)21-27-15-16-27)25(5)35(26(6)38(48)52-31)53-32(44)19-28-13-12-14-29(42)18-28/h12-14,18,22-27,30-31,34-37,39,46-47,49H,11,15-17,19-21H2,1-10H3/t22-,23-,24+,25+,26-,30+,31-,34-,35+,36-,37-,39+,40-,41-/m1/s1. The molecule has 2 aliphatic heterocycles. The molecule has 14 atom stereocenters. The second kappa shape index (κ2) is 18.2. The summed E-state index contributed by atoms with van der Waals surface area (Å²) >= 11 is 0. The van der Waals surface area contributed by atoms with Crippen molar-refractivity contribution >= 4 is 17.7 Å². The van der Waals surface area contributed by atoms with Crippen LogP contribution in [0.4, 0.5) is 4.39 Å². The molecule has 13 heteroatoms. The number of halogens is 1. The molecule has 3 fully saturated rings. The van der Waals surface area contributed by atoms with E-state index in [0.717, 1.165) is 19.4 Å². The number of benzene rings is 1. The molecular formula is C41H64FNO11. The van der Waals surface area contributed by atoms with Crippen molar-refractivity contribution in [1.29, 1.82) is 0 Å². The third-order valence-corrected chi connectivity index (χ3v) is 12.1. The molecule has 12 nitrogen and oxygen atoms in total. The van der Waals surface area contributed by atoms with Crippen LogP contribution in [0.15, 0.2) is 24.3 Å². The van der Waals surface area contributed by atoms with E-state index in [1.165, 1.54) is 46.1 Å². The molecule has 0 bridgehead atoms. The molecule has 2 saturated heterocycles. The molecule has 0 unspecified atom stereocenters. The van der Waals surface area contributed by atoms with Crippen LogP contribution in [0, 0.1) is 35.4 Å². The van der Waals surface area contributed by atoms with Gasteiger partial charge in [-0.2, -0.15) is 0 Å². The molecule has 0 aromatic heterocycles. The van der Waals surface area contributed by atoms with E-state index < -0.39 is 89.4 Å². The van der Waals surface area contributed by atoms with Crippen LogP contribution in [0.2, 0.25) is 0 Å². The van der Waals surface area contributed by atoms with Crippen LogP contribution >= 0.6 is 0 Å². The lowest BCUT2D eigenvalue weighted by Gasteiger charge is -2.48. The van der Waals surface area contributed by atoms with Crippen LogP contribution in [0.1, 0.15) is 93.1 Å². The summed E-state index contributed by atoms with van der Waals surface area (Å²) in [5.74, 6) is -5.67. The first-order valence-electron chi connectivity index (χ1n) is 19.6. The fourth-order valence-electron chi connectivity index (χ4n) is 8.56. The van der Waals surface area contributed by atoms with Gasteiger partial charge < -0.3 is 43.9 Å². The molecule has 306 valence electrons. The minimum atomic E-state index is -2.01. The number of methoxy groups -OCH3 is 1. The molecule has 0 radical (unpaired) electrons. The largest absolute Gasteiger partial charge is 0.461 e. The first-order chi connectivity index (χ1) is 25.2. The smallest absolute Gasteiger partial charge is 0.312 e. The van der Waals surface area contributed by atoms with Crippen molar-refractivity contribution in [3.05, 3.63) is 35.6 Å². The normalized spacial score (nSPS) is 40.2. The molecule has 1 aromatic rings. The zero-order chi connectivity index (χ0) is 40.3. The zero-order valence-electron chi connectivity index (χ0n) is 33.7. The molecule has 4 rings (SSSR count). The zero-order valence-corrected chi connectivity index (χ0v) is 33.7. The summed E-state index contributed by atoms with van der Waals surface area (Å²) in [4.78, 5) is 43.8. The van der Waals surface area contributed by atoms with Crippen molar-refractivity contribution in [3.8, 4) is 0 Å². The third kappa shape index (κ3) is 10.3. The van der Waals surface area contributed by atoms with Gasteiger partial charge in [-0.05, 0) is 90.5 Å². The predicted octanol–water partition coefficient (Wildman–Crippen LogP) is 4.23. The predicted molar refractivity (Wildman–Crippen MR) is 197 cm³/mol. The van der Waals surface area contributed by atoms with E-state index in [-0.39, 0.29) is 37.2 Å². The molecule has 2 heterocycles. The summed E-state index contributed by atoms with van der Waals surface area (Å²) in [5, 5.41) is 34.8. The monoisotopic (exact) mass is 765 g/mol. The Kier molecular flexibility index (Phi) is 14.9. The number of aliphatic hydroxyl groups is 3. The Morgan fingerprint density at radius 2 is 1.74 bits per heavy atom. The van der Waals surface area contributed by atoms with E-state index in [1.54, 1.807) is 33.8 Å². The van der Waals surface area contributed by atoms with Crippen molar-refractivity contribution in [3.63, 3.8) is 0 Å². The van der Waals surface area contributed by atoms with Crippen molar-refractivity contribution in [2.45, 2.75) is 154 Å². The maximum absolute atomic E-state index is 14.1. The third-order valence-electron chi connectivity index (χ3n) is 12.1. The van der Waals surface area contributed by atoms with E-state index in [0.29, 0.717) is 17.9 Å². The van der Waals surface area contributed by atoms with Gasteiger partial charge in [0.15, 0.2) is 6.29 Å². The summed E-state index contributed by atoms with van der Waals surface area (Å²) in [7, 11) is 3.45. The van der Waals surface area contributed by atoms with Gasteiger partial charge in [0.2, 0.25) is 0 Å². The second-order valence-corrected chi connectivity index (χ2v) is 16.8. The highest BCUT2D eigenvalue weighted by Crippen LogP contribution is 2.40. The lowest BCUT2D eigenvalue weighted by atomic mass is 9.74. The number of carbonyl (C=O) groups is 3. The SMILES string of the molecule is CC[C@H]1OC(=O)[C@H](C)[C@@H](OC(=O)Cc2cccc(F)c2)[C@H](C)[C@@H](O[C@@H]2O[C@H](C)C[C@H](N(C)CC3CC3)[C@H]2O)[C@](C)(OC)C[C@@H](C)C(=O)[C@H](C)[C@@H](O)[C@]1(C)O. The highest BCUT2D eigenvalue weighted by molar-refractivity contribution is 5.83. The number of hydrogen-bond donors (Lipinski definition) is 3. The van der Waals surface area contributed by atoms with Crippen LogP contribution in [-0.4, -0.2) is 119 Å². The van der Waals surface area contributed by atoms with Crippen LogP contribution in [0.5, 0.6) is 0 Å². The number of nitrogens with zero attached hydrogens (tertiary/aromatic N) is 1. The van der Waals surface area contributed by atoms with Crippen molar-refractivity contribution in [2.75, 3.05) is 20.7 Å². The number of cyclic esters (lactones) is 1. The van der Waals surface area contributed by atoms with Crippen LogP contribution < -0.4 is 0 Å².